The van der Waals surface area contributed by atoms with Gasteiger partial charge in [-0.05, 0) is 134 Å². The summed E-state index contributed by atoms with van der Waals surface area (Å²) in [6.07, 6.45) is 1.88. The molecule has 0 unspecified atom stereocenters. The van der Waals surface area contributed by atoms with Crippen molar-refractivity contribution in [2.45, 2.75) is 0 Å². The third kappa shape index (κ3) is 4.07. The predicted octanol–water partition coefficient (Wildman–Crippen LogP) is 14.5. The third-order valence-corrected chi connectivity index (χ3v) is 11.8. The van der Waals surface area contributed by atoms with E-state index in [-0.39, 0.29) is 0 Å². The fourth-order valence-corrected chi connectivity index (χ4v) is 9.56. The van der Waals surface area contributed by atoms with E-state index >= 15 is 0 Å². The third-order valence-electron chi connectivity index (χ3n) is 11.8. The van der Waals surface area contributed by atoms with Crippen molar-refractivity contribution in [2.24, 2.45) is 0 Å². The predicted molar refractivity (Wildman–Crippen MR) is 227 cm³/mol. The van der Waals surface area contributed by atoms with Crippen molar-refractivity contribution in [2.75, 3.05) is 0 Å². The fourth-order valence-electron chi connectivity index (χ4n) is 9.56. The Morgan fingerprint density at radius 2 is 0.889 bits per heavy atom. The van der Waals surface area contributed by atoms with E-state index in [1.807, 2.05) is 12.3 Å². The number of benzene rings is 9. The average molecular weight is 682 g/mol. The lowest BCUT2D eigenvalue weighted by Crippen LogP contribution is -1.94. The van der Waals surface area contributed by atoms with E-state index in [0.29, 0.717) is 0 Å². The molecule has 2 aliphatic carbocycles. The molecule has 0 amide bonds. The summed E-state index contributed by atoms with van der Waals surface area (Å²) in [4.78, 5) is 4.76. The molecule has 0 saturated carbocycles. The van der Waals surface area contributed by atoms with Crippen LogP contribution < -0.4 is 0 Å². The van der Waals surface area contributed by atoms with Crippen LogP contribution in [0.1, 0.15) is 0 Å². The lowest BCUT2D eigenvalue weighted by atomic mass is 9.82. The number of hydrogen-bond acceptors (Lipinski definition) is 1. The number of nitrogens with zero attached hydrogens (tertiary/aromatic N) is 1. The minimum atomic E-state index is 0.976. The summed E-state index contributed by atoms with van der Waals surface area (Å²) in [6, 6.07) is 67.2. The first-order valence-electron chi connectivity index (χ1n) is 18.7. The van der Waals surface area contributed by atoms with E-state index in [2.05, 4.69) is 176 Å². The van der Waals surface area contributed by atoms with Gasteiger partial charge >= 0.3 is 0 Å². The topological polar surface area (TPSA) is 12.9 Å². The molecule has 10 aromatic rings. The summed E-state index contributed by atoms with van der Waals surface area (Å²) < 4.78 is 0. The number of hydrogen-bond donors (Lipinski definition) is 0. The number of fused-ring (bicyclic) bond motifs is 7. The Labute approximate surface area is 313 Å². The van der Waals surface area contributed by atoms with Gasteiger partial charge in [0.05, 0.1) is 5.69 Å². The van der Waals surface area contributed by atoms with E-state index in [9.17, 15) is 0 Å². The highest BCUT2D eigenvalue weighted by atomic mass is 14.7. The van der Waals surface area contributed by atoms with Crippen LogP contribution in [-0.4, -0.2) is 4.98 Å². The molecule has 248 valence electrons. The average Bonchev–Trinajstić information content (AvgIpc) is 3.75. The first-order valence-corrected chi connectivity index (χ1v) is 18.7. The molecule has 0 fully saturated rings. The molecule has 1 nitrogen and oxygen atoms in total. The summed E-state index contributed by atoms with van der Waals surface area (Å²) >= 11 is 0. The number of rotatable bonds is 4. The lowest BCUT2D eigenvalue weighted by molar-refractivity contribution is 1.33. The minimum Gasteiger partial charge on any atom is -0.256 e. The van der Waals surface area contributed by atoms with Gasteiger partial charge in [-0.25, -0.2) is 0 Å². The molecule has 0 spiro atoms. The van der Waals surface area contributed by atoms with Gasteiger partial charge in [-0.3, -0.25) is 4.98 Å². The SMILES string of the molecule is c1ccc(-c2c3c(c(-c4ccccc4)c4cc(-c5ccccn5)ccc24)-c2cccc4c(-c5ccc6c(c5)-c5cccc7cccc-6c57)ccc-3c24)cc1. The summed E-state index contributed by atoms with van der Waals surface area (Å²) in [6.45, 7) is 0. The van der Waals surface area contributed by atoms with E-state index in [1.165, 1.54) is 110 Å². The van der Waals surface area contributed by atoms with Gasteiger partial charge in [0, 0.05) is 11.8 Å². The quantitative estimate of drug-likeness (QED) is 0.180. The van der Waals surface area contributed by atoms with E-state index in [4.69, 9.17) is 4.98 Å². The Balaban J connectivity index is 1.16. The van der Waals surface area contributed by atoms with Crippen LogP contribution in [0.4, 0.5) is 0 Å². The van der Waals surface area contributed by atoms with Gasteiger partial charge in [0.2, 0.25) is 0 Å². The van der Waals surface area contributed by atoms with Crippen LogP contribution in [0.3, 0.4) is 0 Å². The Morgan fingerprint density at radius 3 is 1.63 bits per heavy atom. The smallest absolute Gasteiger partial charge is 0.0702 e. The molecule has 9 aromatic carbocycles. The first kappa shape index (κ1) is 29.5. The Hall–Kier alpha value is -7.09. The van der Waals surface area contributed by atoms with Crippen molar-refractivity contribution in [3.8, 4) is 89.1 Å². The van der Waals surface area contributed by atoms with Crippen LogP contribution in [0, 0.1) is 0 Å². The van der Waals surface area contributed by atoms with E-state index in [1.54, 1.807) is 0 Å². The first-order chi connectivity index (χ1) is 26.8. The number of pyridine rings is 1. The van der Waals surface area contributed by atoms with Crippen LogP contribution in [0.2, 0.25) is 0 Å². The molecular formula is C53H31N. The molecule has 0 atom stereocenters. The van der Waals surface area contributed by atoms with Crippen LogP contribution in [-0.2, 0) is 0 Å². The molecule has 54 heavy (non-hydrogen) atoms. The minimum absolute atomic E-state index is 0.976. The van der Waals surface area contributed by atoms with E-state index < -0.39 is 0 Å². The molecule has 0 bridgehead atoms. The van der Waals surface area contributed by atoms with Crippen molar-refractivity contribution in [1.29, 1.82) is 0 Å². The molecule has 0 aliphatic heterocycles. The Kier molecular flexibility index (Phi) is 6.12. The zero-order chi connectivity index (χ0) is 35.3. The molecular weight excluding hydrogens is 651 g/mol. The van der Waals surface area contributed by atoms with Gasteiger partial charge in [-0.2, -0.15) is 0 Å². The lowest BCUT2D eigenvalue weighted by Gasteiger charge is -2.21. The largest absolute Gasteiger partial charge is 0.256 e. The second-order valence-electron chi connectivity index (χ2n) is 14.6. The number of aromatic nitrogens is 1. The van der Waals surface area contributed by atoms with Crippen LogP contribution in [0.25, 0.3) is 121 Å². The zero-order valence-corrected chi connectivity index (χ0v) is 29.3. The molecule has 1 aromatic heterocycles. The van der Waals surface area contributed by atoms with Crippen molar-refractivity contribution >= 4 is 32.3 Å². The molecule has 1 heteroatoms. The molecule has 2 aliphatic rings. The van der Waals surface area contributed by atoms with Crippen LogP contribution >= 0.6 is 0 Å². The van der Waals surface area contributed by atoms with Gasteiger partial charge in [0.1, 0.15) is 0 Å². The van der Waals surface area contributed by atoms with E-state index in [0.717, 1.165) is 11.3 Å². The van der Waals surface area contributed by atoms with Crippen molar-refractivity contribution < 1.29 is 0 Å². The molecule has 0 radical (unpaired) electrons. The summed E-state index contributed by atoms with van der Waals surface area (Å²) in [7, 11) is 0. The van der Waals surface area contributed by atoms with Gasteiger partial charge in [0.25, 0.3) is 0 Å². The van der Waals surface area contributed by atoms with Crippen LogP contribution in [0.5, 0.6) is 0 Å². The molecule has 1 heterocycles. The van der Waals surface area contributed by atoms with Gasteiger partial charge < -0.3 is 0 Å². The molecule has 12 rings (SSSR count). The highest BCUT2D eigenvalue weighted by Crippen LogP contribution is 2.59. The molecule has 0 N–H and O–H groups in total. The van der Waals surface area contributed by atoms with Gasteiger partial charge in [-0.1, -0.05) is 158 Å². The monoisotopic (exact) mass is 681 g/mol. The normalized spacial score (nSPS) is 12.1. The summed E-state index contributed by atoms with van der Waals surface area (Å²) in [5, 5.41) is 7.75. The van der Waals surface area contributed by atoms with Crippen molar-refractivity contribution in [3.05, 3.63) is 188 Å². The second kappa shape index (κ2) is 11.2. The fraction of sp³-hybridized carbons (Fsp3) is 0. The maximum atomic E-state index is 4.76. The summed E-state index contributed by atoms with van der Waals surface area (Å²) in [5.41, 5.74) is 20.1. The van der Waals surface area contributed by atoms with Gasteiger partial charge in [0.15, 0.2) is 0 Å². The van der Waals surface area contributed by atoms with Crippen molar-refractivity contribution in [1.82, 2.24) is 4.98 Å². The second-order valence-corrected chi connectivity index (χ2v) is 14.6. The Morgan fingerprint density at radius 1 is 0.278 bits per heavy atom. The maximum Gasteiger partial charge on any atom is 0.0702 e. The highest BCUT2D eigenvalue weighted by molar-refractivity contribution is 6.29. The standard InChI is InChI=1S/C53H31N/c1-3-12-33(13-4-1)49-42-26-24-36(47-22-7-8-29-54-47)31-46(42)50(34-14-5-2-6-15-34)52-43-21-11-20-39-37(27-28-44(51(39)43)53(49)52)35-23-25-38-40-18-9-16-32-17-10-19-41(48(32)40)45(38)30-35/h1-31H. The maximum absolute atomic E-state index is 4.76. The van der Waals surface area contributed by atoms with Gasteiger partial charge in [-0.15, -0.1) is 0 Å². The summed E-state index contributed by atoms with van der Waals surface area (Å²) in [5.74, 6) is 0. The highest BCUT2D eigenvalue weighted by Gasteiger charge is 2.32. The molecule has 0 saturated heterocycles. The van der Waals surface area contributed by atoms with Crippen LogP contribution in [0.15, 0.2) is 188 Å². The van der Waals surface area contributed by atoms with Crippen molar-refractivity contribution in [3.63, 3.8) is 0 Å². The zero-order valence-electron chi connectivity index (χ0n) is 29.3. The Bertz CT molecular complexity index is 3170.